The zero-order valence-corrected chi connectivity index (χ0v) is 33.3. The van der Waals surface area contributed by atoms with E-state index in [1.807, 2.05) is 0 Å². The SMILES string of the molecule is O=C(CCSCCCSCCC(=O)N[C@@H]1O[C@H](CO)[C@@H](O[C@@H]2O[C@H](CO)[C@H](O)[C@H](O)[C@H]2O)[C@H](O)[C@H]1O)N[C@@H]1O[C@H](CO)[C@@H](O[C@@H]2O[C@H](CO)[C@H](O)[C@H](O)[C@H]2O)[C@H](O)[C@H]1O. The molecule has 0 spiro atoms. The van der Waals surface area contributed by atoms with Crippen LogP contribution < -0.4 is 10.6 Å². The molecule has 2 amide bonds. The van der Waals surface area contributed by atoms with Crippen LogP contribution in [0.2, 0.25) is 0 Å². The van der Waals surface area contributed by atoms with Gasteiger partial charge in [0.2, 0.25) is 11.8 Å². The number of carbonyl (C=O) groups is 2. The molecular formula is C33H58N2O22S2. The van der Waals surface area contributed by atoms with Gasteiger partial charge >= 0.3 is 0 Å². The molecule has 0 aromatic rings. The molecule has 4 rings (SSSR count). The van der Waals surface area contributed by atoms with Crippen LogP contribution in [0.25, 0.3) is 0 Å². The number of hydrogen-bond donors (Lipinski definition) is 16. The Hall–Kier alpha value is -1.16. The third-order valence-corrected chi connectivity index (χ3v) is 12.3. The van der Waals surface area contributed by atoms with Crippen molar-refractivity contribution < 1.29 is 110 Å². The summed E-state index contributed by atoms with van der Waals surface area (Å²) in [6.45, 7) is -2.97. The Bertz CT molecular complexity index is 1190. The summed E-state index contributed by atoms with van der Waals surface area (Å²) in [5.74, 6) is 1.03. The molecule has 0 unspecified atom stereocenters. The van der Waals surface area contributed by atoms with Gasteiger partial charge in [-0.1, -0.05) is 0 Å². The van der Waals surface area contributed by atoms with Crippen molar-refractivity contribution >= 4 is 35.3 Å². The van der Waals surface area contributed by atoms with Crippen molar-refractivity contribution in [1.29, 1.82) is 0 Å². The Kier molecular flexibility index (Phi) is 20.6. The number of aliphatic hydroxyl groups is 14. The van der Waals surface area contributed by atoms with Crippen LogP contribution >= 0.6 is 23.5 Å². The summed E-state index contributed by atoms with van der Waals surface area (Å²) in [6, 6.07) is 0. The number of rotatable bonds is 20. The number of amides is 2. The van der Waals surface area contributed by atoms with Crippen molar-refractivity contribution in [2.24, 2.45) is 0 Å². The van der Waals surface area contributed by atoms with E-state index in [-0.39, 0.29) is 12.8 Å². The molecule has 4 fully saturated rings. The minimum absolute atomic E-state index is 0.0107. The zero-order valence-electron chi connectivity index (χ0n) is 31.7. The lowest BCUT2D eigenvalue weighted by Gasteiger charge is -2.46. The Labute approximate surface area is 346 Å². The van der Waals surface area contributed by atoms with E-state index in [9.17, 15) is 81.1 Å². The molecule has 4 aliphatic rings. The highest BCUT2D eigenvalue weighted by Crippen LogP contribution is 2.30. The Morgan fingerprint density at radius 3 is 1.14 bits per heavy atom. The fourth-order valence-electron chi connectivity index (χ4n) is 6.68. The van der Waals surface area contributed by atoms with Crippen molar-refractivity contribution in [1.82, 2.24) is 10.6 Å². The molecule has 59 heavy (non-hydrogen) atoms. The van der Waals surface area contributed by atoms with Crippen molar-refractivity contribution in [3.8, 4) is 0 Å². The number of thioether (sulfide) groups is 2. The minimum atomic E-state index is -1.81. The fraction of sp³-hybridized carbons (Fsp3) is 0.939. The number of ether oxygens (including phenoxy) is 6. The molecule has 4 saturated heterocycles. The number of hydrogen-bond acceptors (Lipinski definition) is 24. The first-order valence-corrected chi connectivity index (χ1v) is 21.3. The van der Waals surface area contributed by atoms with Gasteiger partial charge in [0, 0.05) is 24.3 Å². The highest BCUT2D eigenvalue weighted by molar-refractivity contribution is 8.00. The summed E-state index contributed by atoms with van der Waals surface area (Å²) in [6.07, 6.45) is -31.3. The van der Waals surface area contributed by atoms with Crippen LogP contribution in [0.1, 0.15) is 19.3 Å². The van der Waals surface area contributed by atoms with Gasteiger partial charge in [0.1, 0.15) is 97.7 Å². The molecule has 4 aliphatic heterocycles. The molecule has 20 atom stereocenters. The van der Waals surface area contributed by atoms with E-state index in [1.54, 1.807) is 0 Å². The second kappa shape index (κ2) is 24.1. The van der Waals surface area contributed by atoms with E-state index in [1.165, 1.54) is 23.5 Å². The molecule has 4 heterocycles. The second-order valence-corrected chi connectivity index (χ2v) is 16.8. The molecule has 0 aromatic heterocycles. The topological polar surface area (TPSA) is 397 Å². The molecule has 0 radical (unpaired) electrons. The quantitative estimate of drug-likeness (QED) is 0.0505. The lowest BCUT2D eigenvalue weighted by Crippen LogP contribution is -2.66. The molecule has 0 aromatic carbocycles. The van der Waals surface area contributed by atoms with E-state index in [2.05, 4.69) is 10.6 Å². The van der Waals surface area contributed by atoms with Gasteiger partial charge in [-0.05, 0) is 17.9 Å². The van der Waals surface area contributed by atoms with Crippen molar-refractivity contribution in [3.63, 3.8) is 0 Å². The first-order chi connectivity index (χ1) is 28.1. The van der Waals surface area contributed by atoms with Gasteiger partial charge in [0.15, 0.2) is 25.0 Å². The predicted octanol–water partition coefficient (Wildman–Crippen LogP) is -8.90. The van der Waals surface area contributed by atoms with Crippen LogP contribution in [0.3, 0.4) is 0 Å². The number of aliphatic hydroxyl groups excluding tert-OH is 14. The number of nitrogens with one attached hydrogen (secondary N) is 2. The van der Waals surface area contributed by atoms with Crippen molar-refractivity contribution in [2.45, 2.75) is 142 Å². The maximum Gasteiger partial charge on any atom is 0.222 e. The summed E-state index contributed by atoms with van der Waals surface area (Å²) >= 11 is 2.92. The van der Waals surface area contributed by atoms with Gasteiger partial charge in [0.05, 0.1) is 26.4 Å². The molecule has 16 N–H and O–H groups in total. The van der Waals surface area contributed by atoms with Gasteiger partial charge < -0.3 is 111 Å². The third kappa shape index (κ3) is 13.0. The summed E-state index contributed by atoms with van der Waals surface area (Å²) in [4.78, 5) is 25.2. The monoisotopic (exact) mass is 898 g/mol. The van der Waals surface area contributed by atoms with E-state index < -0.39 is 161 Å². The van der Waals surface area contributed by atoms with Crippen LogP contribution in [0.4, 0.5) is 0 Å². The van der Waals surface area contributed by atoms with Crippen molar-refractivity contribution in [3.05, 3.63) is 0 Å². The van der Waals surface area contributed by atoms with Crippen LogP contribution in [0.5, 0.6) is 0 Å². The van der Waals surface area contributed by atoms with Gasteiger partial charge in [-0.2, -0.15) is 23.5 Å². The average Bonchev–Trinajstić information content (AvgIpc) is 3.22. The highest BCUT2D eigenvalue weighted by Gasteiger charge is 2.52. The van der Waals surface area contributed by atoms with Gasteiger partial charge in [-0.3, -0.25) is 9.59 Å². The summed E-state index contributed by atoms with van der Waals surface area (Å²) in [5, 5.41) is 147. The maximum absolute atomic E-state index is 12.6. The molecule has 344 valence electrons. The lowest BCUT2D eigenvalue weighted by atomic mass is 9.96. The number of carbonyl (C=O) groups excluding carboxylic acids is 2. The molecular weight excluding hydrogens is 840 g/mol. The summed E-state index contributed by atoms with van der Waals surface area (Å²) < 4.78 is 32.7. The average molecular weight is 899 g/mol. The molecule has 0 aliphatic carbocycles. The Balaban J connectivity index is 1.09. The lowest BCUT2D eigenvalue weighted by molar-refractivity contribution is -0.343. The van der Waals surface area contributed by atoms with Crippen LogP contribution in [0, 0.1) is 0 Å². The zero-order chi connectivity index (χ0) is 43.6. The van der Waals surface area contributed by atoms with Crippen molar-refractivity contribution in [2.75, 3.05) is 49.4 Å². The highest BCUT2D eigenvalue weighted by atomic mass is 32.2. The van der Waals surface area contributed by atoms with E-state index in [0.29, 0.717) is 29.4 Å². The first kappa shape index (κ1) is 50.5. The molecule has 0 saturated carbocycles. The van der Waals surface area contributed by atoms with Gasteiger partial charge in [-0.15, -0.1) is 0 Å². The van der Waals surface area contributed by atoms with E-state index in [0.717, 1.165) is 0 Å². The summed E-state index contributed by atoms with van der Waals surface area (Å²) in [5.41, 5.74) is 0. The minimum Gasteiger partial charge on any atom is -0.394 e. The second-order valence-electron chi connectivity index (χ2n) is 14.3. The van der Waals surface area contributed by atoms with Crippen LogP contribution in [-0.2, 0) is 38.0 Å². The van der Waals surface area contributed by atoms with E-state index >= 15 is 0 Å². The molecule has 26 heteroatoms. The Morgan fingerprint density at radius 2 is 0.797 bits per heavy atom. The van der Waals surface area contributed by atoms with Crippen LogP contribution in [-0.4, -0.2) is 255 Å². The third-order valence-electron chi connectivity index (χ3n) is 10.1. The molecule has 0 bridgehead atoms. The predicted molar refractivity (Wildman–Crippen MR) is 198 cm³/mol. The standard InChI is InChI=1S/C33H58N2O22S2/c36-8-12-18(42)20(44)26(50)32(54-12)56-28-14(10-38)52-30(24(48)22(28)46)34-16(40)2-6-58-4-1-5-59-7-3-17(41)35-31-25(49)23(47)29(15(11-39)53-31)57-33-27(51)21(45)19(43)13(9-37)55-33/h12-15,18-33,36-39,42-51H,1-11H2,(H,34,40)(H,35,41)/t12-,13-,14-,15-,18+,19+,20+,21+,22-,23-,24-,25-,26-,27-,28-,29-,30-,31-,32+,33+/m1/s1. The smallest absolute Gasteiger partial charge is 0.222 e. The normalized spacial score (nSPS) is 42.9. The maximum atomic E-state index is 12.6. The van der Waals surface area contributed by atoms with Gasteiger partial charge in [0.25, 0.3) is 0 Å². The van der Waals surface area contributed by atoms with Gasteiger partial charge in [-0.25, -0.2) is 0 Å². The van der Waals surface area contributed by atoms with Crippen LogP contribution in [0.15, 0.2) is 0 Å². The summed E-state index contributed by atoms with van der Waals surface area (Å²) in [7, 11) is 0. The Morgan fingerprint density at radius 1 is 0.441 bits per heavy atom. The van der Waals surface area contributed by atoms with E-state index in [4.69, 9.17) is 28.4 Å². The first-order valence-electron chi connectivity index (χ1n) is 19.0. The fourth-order valence-corrected chi connectivity index (χ4v) is 8.62. The molecule has 24 nitrogen and oxygen atoms in total. The largest absolute Gasteiger partial charge is 0.394 e.